The van der Waals surface area contributed by atoms with Gasteiger partial charge in [-0.05, 0) is 33.5 Å². The number of carbonyl (C=O) groups is 3. The number of benzene rings is 2. The van der Waals surface area contributed by atoms with E-state index in [4.69, 9.17) is 0 Å². The molecule has 7 heteroatoms. The second kappa shape index (κ2) is 8.48. The van der Waals surface area contributed by atoms with E-state index in [1.807, 2.05) is 57.1 Å². The summed E-state index contributed by atoms with van der Waals surface area (Å²) in [6, 6.07) is 14.3. The summed E-state index contributed by atoms with van der Waals surface area (Å²) in [5, 5.41) is 11.4. The van der Waals surface area contributed by atoms with Crippen LogP contribution < -0.4 is 4.90 Å². The van der Waals surface area contributed by atoms with Gasteiger partial charge in [0.05, 0.1) is 11.3 Å². The lowest BCUT2D eigenvalue weighted by Gasteiger charge is -2.35. The van der Waals surface area contributed by atoms with E-state index in [1.165, 1.54) is 4.90 Å². The number of nitrogens with zero attached hydrogens (tertiary/aromatic N) is 3. The standard InChI is InChI=1S/C26H29N3O4/c1-5-14-28-20-9-7-6-8-19(20)26(25(28)33)21(22(30)18-12-10-17(2)11-13-18)23(31)24(32)29(26)16-15-27(3)4/h6-13,30H,5,14-16H2,1-4H3/t26-/m0/s1. The number of anilines is 1. The van der Waals surface area contributed by atoms with E-state index in [1.54, 1.807) is 29.2 Å². The van der Waals surface area contributed by atoms with Crippen molar-refractivity contribution < 1.29 is 19.5 Å². The predicted molar refractivity (Wildman–Crippen MR) is 127 cm³/mol. The van der Waals surface area contributed by atoms with Crippen LogP contribution in [0, 0.1) is 6.92 Å². The summed E-state index contributed by atoms with van der Waals surface area (Å²) in [5.74, 6) is -2.32. The summed E-state index contributed by atoms with van der Waals surface area (Å²) in [6.45, 7) is 4.96. The van der Waals surface area contributed by atoms with E-state index in [9.17, 15) is 19.5 Å². The van der Waals surface area contributed by atoms with Gasteiger partial charge in [-0.15, -0.1) is 0 Å². The number of likely N-dealkylation sites (tertiary alicyclic amines) is 1. The van der Waals surface area contributed by atoms with Gasteiger partial charge in [-0.3, -0.25) is 14.4 Å². The van der Waals surface area contributed by atoms with Crippen molar-refractivity contribution in [3.63, 3.8) is 0 Å². The largest absolute Gasteiger partial charge is 0.507 e. The maximum Gasteiger partial charge on any atom is 0.296 e. The molecule has 1 saturated heterocycles. The van der Waals surface area contributed by atoms with E-state index in [-0.39, 0.29) is 23.8 Å². The van der Waals surface area contributed by atoms with Gasteiger partial charge in [0, 0.05) is 30.8 Å². The van der Waals surface area contributed by atoms with Gasteiger partial charge in [0.1, 0.15) is 5.76 Å². The van der Waals surface area contributed by atoms with Gasteiger partial charge >= 0.3 is 0 Å². The molecule has 2 heterocycles. The molecule has 0 radical (unpaired) electrons. The molecule has 0 unspecified atom stereocenters. The number of hydrogen-bond acceptors (Lipinski definition) is 5. The van der Waals surface area contributed by atoms with Gasteiger partial charge in [0.25, 0.3) is 17.6 Å². The highest BCUT2D eigenvalue weighted by molar-refractivity contribution is 6.50. The Kier molecular flexibility index (Phi) is 5.84. The lowest BCUT2D eigenvalue weighted by Crippen LogP contribution is -2.53. The van der Waals surface area contributed by atoms with Gasteiger partial charge in [-0.25, -0.2) is 0 Å². The van der Waals surface area contributed by atoms with Crippen LogP contribution in [0.3, 0.4) is 0 Å². The van der Waals surface area contributed by atoms with Crippen molar-refractivity contribution in [3.05, 3.63) is 70.8 Å². The highest BCUT2D eigenvalue weighted by Crippen LogP contribution is 2.53. The fourth-order valence-electron chi connectivity index (χ4n) is 4.77. The number of Topliss-reactive ketones (excluding diaryl/α,β-unsaturated/α-hetero) is 1. The lowest BCUT2D eigenvalue weighted by atomic mass is 9.82. The average molecular weight is 448 g/mol. The predicted octanol–water partition coefficient (Wildman–Crippen LogP) is 2.89. The van der Waals surface area contributed by atoms with Crippen LogP contribution in [0.1, 0.15) is 30.0 Å². The van der Waals surface area contributed by atoms with E-state index < -0.39 is 17.2 Å². The van der Waals surface area contributed by atoms with E-state index in [2.05, 4.69) is 0 Å². The van der Waals surface area contributed by atoms with Gasteiger partial charge in [-0.1, -0.05) is 55.0 Å². The Labute approximate surface area is 193 Å². The first kappa shape index (κ1) is 22.7. The third-order valence-electron chi connectivity index (χ3n) is 6.35. The maximum absolute atomic E-state index is 14.1. The smallest absolute Gasteiger partial charge is 0.296 e. The summed E-state index contributed by atoms with van der Waals surface area (Å²) in [7, 11) is 3.73. The van der Waals surface area contributed by atoms with Crippen LogP contribution in [0.2, 0.25) is 0 Å². The molecule has 1 N–H and O–H groups in total. The molecule has 0 saturated carbocycles. The molecule has 4 rings (SSSR count). The van der Waals surface area contributed by atoms with Crippen molar-refractivity contribution in [1.82, 2.24) is 9.80 Å². The van der Waals surface area contributed by atoms with Gasteiger partial charge in [-0.2, -0.15) is 0 Å². The number of rotatable bonds is 6. The number of ketones is 1. The zero-order valence-electron chi connectivity index (χ0n) is 19.5. The summed E-state index contributed by atoms with van der Waals surface area (Å²) in [6.07, 6.45) is 0.707. The van der Waals surface area contributed by atoms with Crippen molar-refractivity contribution in [1.29, 1.82) is 0 Å². The first-order valence-electron chi connectivity index (χ1n) is 11.2. The molecule has 2 aromatic carbocycles. The second-order valence-corrected chi connectivity index (χ2v) is 8.86. The van der Waals surface area contributed by atoms with Crippen molar-refractivity contribution in [2.24, 2.45) is 0 Å². The molecule has 1 fully saturated rings. The highest BCUT2D eigenvalue weighted by Gasteiger charge is 2.66. The number of carbonyl (C=O) groups excluding carboxylic acids is 3. The maximum atomic E-state index is 14.1. The zero-order valence-corrected chi connectivity index (χ0v) is 19.5. The molecule has 0 aromatic heterocycles. The number of fused-ring (bicyclic) bond motifs is 2. The molecule has 0 bridgehead atoms. The molecule has 2 amide bonds. The van der Waals surface area contributed by atoms with Crippen LogP contribution >= 0.6 is 0 Å². The molecule has 2 aromatic rings. The Hall–Kier alpha value is -3.45. The third kappa shape index (κ3) is 3.35. The first-order chi connectivity index (χ1) is 15.7. The molecule has 33 heavy (non-hydrogen) atoms. The summed E-state index contributed by atoms with van der Waals surface area (Å²) < 4.78 is 0. The monoisotopic (exact) mass is 447 g/mol. The second-order valence-electron chi connectivity index (χ2n) is 8.86. The Morgan fingerprint density at radius 2 is 1.67 bits per heavy atom. The minimum Gasteiger partial charge on any atom is -0.507 e. The molecular formula is C26H29N3O4. The summed E-state index contributed by atoms with van der Waals surface area (Å²) in [4.78, 5) is 45.8. The number of hydrogen-bond donors (Lipinski definition) is 1. The molecule has 1 spiro atoms. The fourth-order valence-corrected chi connectivity index (χ4v) is 4.77. The number of likely N-dealkylation sites (N-methyl/N-ethyl adjacent to an activating group) is 1. The Morgan fingerprint density at radius 3 is 2.30 bits per heavy atom. The van der Waals surface area contributed by atoms with Crippen LogP contribution in [-0.2, 0) is 19.9 Å². The number of para-hydroxylation sites is 1. The molecule has 0 aliphatic carbocycles. The van der Waals surface area contributed by atoms with Gasteiger partial charge in [0.15, 0.2) is 5.54 Å². The highest BCUT2D eigenvalue weighted by atomic mass is 16.3. The van der Waals surface area contributed by atoms with Crippen molar-refractivity contribution in [2.75, 3.05) is 38.6 Å². The van der Waals surface area contributed by atoms with Crippen molar-refractivity contribution >= 4 is 29.0 Å². The number of aryl methyl sites for hydroxylation is 1. The number of aliphatic hydroxyl groups is 1. The fraction of sp³-hybridized carbons (Fsp3) is 0.346. The van der Waals surface area contributed by atoms with Gasteiger partial charge < -0.3 is 19.8 Å². The van der Waals surface area contributed by atoms with E-state index >= 15 is 0 Å². The SMILES string of the molecule is CCCN1C(=O)[C@@]2(C(=C(O)c3ccc(C)cc3)C(=O)C(=O)N2CCN(C)C)c2ccccc21. The molecule has 7 nitrogen and oxygen atoms in total. The first-order valence-corrected chi connectivity index (χ1v) is 11.2. The number of amides is 2. The molecule has 2 aliphatic heterocycles. The van der Waals surface area contributed by atoms with Crippen molar-refractivity contribution in [3.8, 4) is 0 Å². The number of aliphatic hydroxyl groups excluding tert-OH is 1. The Balaban J connectivity index is 2.04. The molecule has 172 valence electrons. The Morgan fingerprint density at radius 1 is 1.00 bits per heavy atom. The van der Waals surface area contributed by atoms with Gasteiger partial charge in [0.2, 0.25) is 0 Å². The lowest BCUT2D eigenvalue weighted by molar-refractivity contribution is -0.143. The van der Waals surface area contributed by atoms with Crippen LogP contribution in [0.4, 0.5) is 5.69 Å². The van der Waals surface area contributed by atoms with Crippen LogP contribution in [0.15, 0.2) is 54.1 Å². The summed E-state index contributed by atoms with van der Waals surface area (Å²) >= 11 is 0. The quantitative estimate of drug-likeness (QED) is 0.418. The van der Waals surface area contributed by atoms with E-state index in [0.29, 0.717) is 36.3 Å². The molecule has 1 atom stereocenters. The topological polar surface area (TPSA) is 81.2 Å². The zero-order chi connectivity index (χ0) is 23.9. The van der Waals surface area contributed by atoms with Crippen molar-refractivity contribution in [2.45, 2.75) is 25.8 Å². The van der Waals surface area contributed by atoms with Crippen LogP contribution in [0.5, 0.6) is 0 Å². The normalized spacial score (nSPS) is 21.5. The van der Waals surface area contributed by atoms with Crippen LogP contribution in [-0.4, -0.2) is 66.2 Å². The average Bonchev–Trinajstić information content (AvgIpc) is 3.16. The molecular weight excluding hydrogens is 418 g/mol. The van der Waals surface area contributed by atoms with Crippen LogP contribution in [0.25, 0.3) is 5.76 Å². The molecule has 2 aliphatic rings. The Bertz CT molecular complexity index is 1150. The minimum atomic E-state index is -1.69. The minimum absolute atomic E-state index is 0.161. The summed E-state index contributed by atoms with van der Waals surface area (Å²) in [5.41, 5.74) is 0.747. The third-order valence-corrected chi connectivity index (χ3v) is 6.35. The van der Waals surface area contributed by atoms with E-state index in [0.717, 1.165) is 5.56 Å².